The number of hydrogen-bond acceptors (Lipinski definition) is 1. The van der Waals surface area contributed by atoms with Crippen LogP contribution in [0.1, 0.15) is 58.6 Å². The van der Waals surface area contributed by atoms with E-state index in [0.717, 1.165) is 18.9 Å². The molecule has 1 aromatic carbocycles. The minimum Gasteiger partial charge on any atom is -0.308 e. The highest BCUT2D eigenvalue weighted by Gasteiger charge is 2.14. The van der Waals surface area contributed by atoms with Crippen molar-refractivity contribution in [2.45, 2.75) is 66.0 Å². The first-order chi connectivity index (χ1) is 8.44. The Morgan fingerprint density at radius 2 is 1.72 bits per heavy atom. The standard InChI is InChI=1S/C17H29N/c1-6-17(4,5)18-13-16-10-8-7-9-15(16)12-11-14(2)3/h7-10,14,18H,6,11-13H2,1-5H3. The van der Waals surface area contributed by atoms with Crippen LogP contribution in [0.25, 0.3) is 0 Å². The summed E-state index contributed by atoms with van der Waals surface area (Å²) in [5.41, 5.74) is 3.19. The molecule has 0 spiro atoms. The van der Waals surface area contributed by atoms with Crippen LogP contribution < -0.4 is 5.32 Å². The van der Waals surface area contributed by atoms with Gasteiger partial charge in [0.2, 0.25) is 0 Å². The summed E-state index contributed by atoms with van der Waals surface area (Å²) in [5.74, 6) is 0.776. The number of benzene rings is 1. The van der Waals surface area contributed by atoms with Gasteiger partial charge in [0.25, 0.3) is 0 Å². The second-order valence-corrected chi connectivity index (χ2v) is 6.29. The molecule has 1 heteroatoms. The molecule has 0 aliphatic heterocycles. The molecule has 0 aromatic heterocycles. The number of rotatable bonds is 7. The topological polar surface area (TPSA) is 12.0 Å². The van der Waals surface area contributed by atoms with Crippen molar-refractivity contribution >= 4 is 0 Å². The molecule has 0 aliphatic rings. The number of nitrogens with one attached hydrogen (secondary N) is 1. The van der Waals surface area contributed by atoms with Crippen molar-refractivity contribution in [2.24, 2.45) is 5.92 Å². The van der Waals surface area contributed by atoms with Crippen LogP contribution in [-0.2, 0) is 13.0 Å². The summed E-state index contributed by atoms with van der Waals surface area (Å²) in [6.07, 6.45) is 3.62. The molecular formula is C17H29N. The average Bonchev–Trinajstić information content (AvgIpc) is 2.35. The Morgan fingerprint density at radius 1 is 1.11 bits per heavy atom. The van der Waals surface area contributed by atoms with Crippen molar-refractivity contribution in [1.82, 2.24) is 5.32 Å². The Kier molecular flexibility index (Phi) is 5.87. The molecule has 0 amide bonds. The summed E-state index contributed by atoms with van der Waals surface area (Å²) in [5, 5.41) is 3.65. The van der Waals surface area contributed by atoms with E-state index in [-0.39, 0.29) is 5.54 Å². The minimum absolute atomic E-state index is 0.227. The van der Waals surface area contributed by atoms with Gasteiger partial charge in [0, 0.05) is 12.1 Å². The van der Waals surface area contributed by atoms with Gasteiger partial charge in [0.1, 0.15) is 0 Å². The van der Waals surface area contributed by atoms with Gasteiger partial charge < -0.3 is 5.32 Å². The molecule has 0 heterocycles. The third-order valence-electron chi connectivity index (χ3n) is 3.75. The predicted molar refractivity (Wildman–Crippen MR) is 80.8 cm³/mol. The zero-order valence-electron chi connectivity index (χ0n) is 12.7. The molecule has 0 fully saturated rings. The highest BCUT2D eigenvalue weighted by atomic mass is 14.9. The van der Waals surface area contributed by atoms with Gasteiger partial charge in [-0.1, -0.05) is 45.0 Å². The molecule has 102 valence electrons. The number of aryl methyl sites for hydroxylation is 1. The highest BCUT2D eigenvalue weighted by Crippen LogP contribution is 2.16. The van der Waals surface area contributed by atoms with E-state index in [4.69, 9.17) is 0 Å². The Hall–Kier alpha value is -0.820. The zero-order valence-corrected chi connectivity index (χ0v) is 12.7. The Labute approximate surface area is 113 Å². The first-order valence-electron chi connectivity index (χ1n) is 7.26. The molecule has 0 saturated carbocycles. The van der Waals surface area contributed by atoms with Crippen molar-refractivity contribution in [1.29, 1.82) is 0 Å². The molecule has 0 bridgehead atoms. The molecule has 0 atom stereocenters. The largest absolute Gasteiger partial charge is 0.308 e. The first kappa shape index (κ1) is 15.2. The molecule has 1 aromatic rings. The normalized spacial score (nSPS) is 12.1. The molecule has 1 N–H and O–H groups in total. The van der Waals surface area contributed by atoms with Gasteiger partial charge in [0.05, 0.1) is 0 Å². The fraction of sp³-hybridized carbons (Fsp3) is 0.647. The van der Waals surface area contributed by atoms with E-state index in [0.29, 0.717) is 0 Å². The SMILES string of the molecule is CCC(C)(C)NCc1ccccc1CCC(C)C. The van der Waals surface area contributed by atoms with Gasteiger partial charge in [0.15, 0.2) is 0 Å². The van der Waals surface area contributed by atoms with Crippen LogP contribution >= 0.6 is 0 Å². The van der Waals surface area contributed by atoms with E-state index < -0.39 is 0 Å². The minimum atomic E-state index is 0.227. The van der Waals surface area contributed by atoms with Crippen molar-refractivity contribution in [2.75, 3.05) is 0 Å². The maximum absolute atomic E-state index is 3.65. The second kappa shape index (κ2) is 6.94. The summed E-state index contributed by atoms with van der Waals surface area (Å²) < 4.78 is 0. The van der Waals surface area contributed by atoms with E-state index in [1.165, 1.54) is 24.0 Å². The summed E-state index contributed by atoms with van der Waals surface area (Å²) in [4.78, 5) is 0. The van der Waals surface area contributed by atoms with Crippen LogP contribution in [0.15, 0.2) is 24.3 Å². The second-order valence-electron chi connectivity index (χ2n) is 6.29. The summed E-state index contributed by atoms with van der Waals surface area (Å²) in [7, 11) is 0. The van der Waals surface area contributed by atoms with E-state index in [1.807, 2.05) is 0 Å². The lowest BCUT2D eigenvalue weighted by Gasteiger charge is -2.25. The third kappa shape index (κ3) is 5.22. The lowest BCUT2D eigenvalue weighted by Crippen LogP contribution is -2.38. The Morgan fingerprint density at radius 3 is 2.28 bits per heavy atom. The highest BCUT2D eigenvalue weighted by molar-refractivity contribution is 5.27. The Bertz CT molecular complexity index is 352. The lowest BCUT2D eigenvalue weighted by atomic mass is 9.97. The molecule has 1 nitrogen and oxygen atoms in total. The van der Waals surface area contributed by atoms with Crippen molar-refractivity contribution < 1.29 is 0 Å². The maximum atomic E-state index is 3.65. The van der Waals surface area contributed by atoms with Crippen molar-refractivity contribution in [3.05, 3.63) is 35.4 Å². The van der Waals surface area contributed by atoms with Crippen LogP contribution in [-0.4, -0.2) is 5.54 Å². The monoisotopic (exact) mass is 247 g/mol. The Balaban J connectivity index is 2.64. The van der Waals surface area contributed by atoms with E-state index >= 15 is 0 Å². The van der Waals surface area contributed by atoms with Gasteiger partial charge in [-0.2, -0.15) is 0 Å². The average molecular weight is 247 g/mol. The maximum Gasteiger partial charge on any atom is 0.0213 e. The molecular weight excluding hydrogens is 218 g/mol. The molecule has 0 unspecified atom stereocenters. The molecule has 1 rings (SSSR count). The summed E-state index contributed by atoms with van der Waals surface area (Å²) in [6, 6.07) is 8.84. The van der Waals surface area contributed by atoms with Crippen LogP contribution in [0.3, 0.4) is 0 Å². The zero-order chi connectivity index (χ0) is 13.6. The molecule has 0 radical (unpaired) electrons. The van der Waals surface area contributed by atoms with Crippen LogP contribution in [0, 0.1) is 5.92 Å². The van der Waals surface area contributed by atoms with Crippen LogP contribution in [0.4, 0.5) is 0 Å². The quantitative estimate of drug-likeness (QED) is 0.745. The number of hydrogen-bond donors (Lipinski definition) is 1. The smallest absolute Gasteiger partial charge is 0.0213 e. The van der Waals surface area contributed by atoms with Gasteiger partial charge in [-0.05, 0) is 50.2 Å². The molecule has 18 heavy (non-hydrogen) atoms. The van der Waals surface area contributed by atoms with Crippen molar-refractivity contribution in [3.63, 3.8) is 0 Å². The molecule has 0 aliphatic carbocycles. The van der Waals surface area contributed by atoms with Crippen LogP contribution in [0.5, 0.6) is 0 Å². The van der Waals surface area contributed by atoms with Crippen LogP contribution in [0.2, 0.25) is 0 Å². The van der Waals surface area contributed by atoms with Gasteiger partial charge in [-0.25, -0.2) is 0 Å². The lowest BCUT2D eigenvalue weighted by molar-refractivity contribution is 0.374. The van der Waals surface area contributed by atoms with E-state index in [2.05, 4.69) is 64.2 Å². The predicted octanol–water partition coefficient (Wildman–Crippen LogP) is 4.55. The summed E-state index contributed by atoms with van der Waals surface area (Å²) in [6.45, 7) is 12.3. The van der Waals surface area contributed by atoms with Gasteiger partial charge in [-0.3, -0.25) is 0 Å². The van der Waals surface area contributed by atoms with Crippen molar-refractivity contribution in [3.8, 4) is 0 Å². The summed E-state index contributed by atoms with van der Waals surface area (Å²) >= 11 is 0. The third-order valence-corrected chi connectivity index (χ3v) is 3.75. The van der Waals surface area contributed by atoms with E-state index in [9.17, 15) is 0 Å². The first-order valence-corrected chi connectivity index (χ1v) is 7.26. The fourth-order valence-corrected chi connectivity index (χ4v) is 1.88. The van der Waals surface area contributed by atoms with Gasteiger partial charge >= 0.3 is 0 Å². The van der Waals surface area contributed by atoms with E-state index in [1.54, 1.807) is 0 Å². The molecule has 0 saturated heterocycles. The fourth-order valence-electron chi connectivity index (χ4n) is 1.88. The van der Waals surface area contributed by atoms with Gasteiger partial charge in [-0.15, -0.1) is 0 Å².